The van der Waals surface area contributed by atoms with Crippen LogP contribution >= 0.6 is 0 Å². The van der Waals surface area contributed by atoms with E-state index in [1.54, 1.807) is 12.1 Å². The highest BCUT2D eigenvalue weighted by molar-refractivity contribution is 5.36. The molecule has 2 rings (SSSR count). The van der Waals surface area contributed by atoms with Crippen LogP contribution in [0.5, 0.6) is 0 Å². The highest BCUT2D eigenvalue weighted by Crippen LogP contribution is 2.54. The Morgan fingerprint density at radius 3 is 2.43 bits per heavy atom. The van der Waals surface area contributed by atoms with E-state index in [2.05, 4.69) is 0 Å². The summed E-state index contributed by atoms with van der Waals surface area (Å²) in [6.45, 7) is 4.04. The fourth-order valence-corrected chi connectivity index (χ4v) is 2.22. The average molecular weight is 193 g/mol. The van der Waals surface area contributed by atoms with Gasteiger partial charge in [0.1, 0.15) is 5.82 Å². The normalized spacial score (nSPS) is 19.4. The van der Waals surface area contributed by atoms with E-state index in [1.165, 1.54) is 6.07 Å². The second-order valence-electron chi connectivity index (χ2n) is 4.81. The van der Waals surface area contributed by atoms with Crippen LogP contribution in [0.1, 0.15) is 32.3 Å². The molecule has 0 aromatic heterocycles. The van der Waals surface area contributed by atoms with Crippen molar-refractivity contribution in [1.29, 1.82) is 0 Å². The van der Waals surface area contributed by atoms with Crippen LogP contribution in [0.25, 0.3) is 0 Å². The zero-order valence-electron chi connectivity index (χ0n) is 8.68. The lowest BCUT2D eigenvalue weighted by molar-refractivity contribution is 0.390. The van der Waals surface area contributed by atoms with E-state index >= 15 is 0 Å². The fourth-order valence-electron chi connectivity index (χ4n) is 2.22. The van der Waals surface area contributed by atoms with E-state index in [1.807, 2.05) is 19.9 Å². The maximum atomic E-state index is 13.1. The van der Waals surface area contributed by atoms with Crippen molar-refractivity contribution in [3.8, 4) is 0 Å². The molecule has 0 spiro atoms. The van der Waals surface area contributed by atoms with Gasteiger partial charge in [-0.2, -0.15) is 0 Å². The van der Waals surface area contributed by atoms with Crippen molar-refractivity contribution in [2.45, 2.75) is 37.6 Å². The van der Waals surface area contributed by atoms with Gasteiger partial charge in [-0.15, -0.1) is 0 Å². The number of rotatable bonds is 2. The molecule has 1 saturated carbocycles. The van der Waals surface area contributed by atoms with Crippen molar-refractivity contribution < 1.29 is 4.39 Å². The lowest BCUT2D eigenvalue weighted by Crippen LogP contribution is -2.45. The van der Waals surface area contributed by atoms with Crippen LogP contribution in [0.3, 0.4) is 0 Å². The second kappa shape index (κ2) is 2.80. The van der Waals surface area contributed by atoms with E-state index in [-0.39, 0.29) is 16.8 Å². The van der Waals surface area contributed by atoms with Crippen molar-refractivity contribution in [2.24, 2.45) is 5.73 Å². The summed E-state index contributed by atoms with van der Waals surface area (Å²) in [5.74, 6) is -0.168. The molecule has 0 saturated heterocycles. The molecule has 2 N–H and O–H groups in total. The van der Waals surface area contributed by atoms with Crippen molar-refractivity contribution in [2.75, 3.05) is 0 Å². The van der Waals surface area contributed by atoms with Gasteiger partial charge in [-0.25, -0.2) is 4.39 Å². The first-order chi connectivity index (χ1) is 6.46. The molecule has 0 unspecified atom stereocenters. The molecule has 0 heterocycles. The molecule has 1 aromatic carbocycles. The first kappa shape index (κ1) is 9.66. The zero-order valence-corrected chi connectivity index (χ0v) is 8.68. The van der Waals surface area contributed by atoms with E-state index in [0.29, 0.717) is 0 Å². The second-order valence-corrected chi connectivity index (χ2v) is 4.81. The Morgan fingerprint density at radius 2 is 2.00 bits per heavy atom. The molecule has 0 atom stereocenters. The highest BCUT2D eigenvalue weighted by Gasteiger charge is 2.53. The average Bonchev–Trinajstić information content (AvgIpc) is 2.82. The number of hydrogen-bond acceptors (Lipinski definition) is 1. The van der Waals surface area contributed by atoms with E-state index in [9.17, 15) is 4.39 Å². The van der Waals surface area contributed by atoms with Crippen LogP contribution in [-0.4, -0.2) is 5.54 Å². The minimum atomic E-state index is -0.263. The highest BCUT2D eigenvalue weighted by atomic mass is 19.1. The Bertz CT molecular complexity index is 348. The maximum Gasteiger partial charge on any atom is 0.123 e. The maximum absolute atomic E-state index is 13.1. The van der Waals surface area contributed by atoms with Crippen LogP contribution in [-0.2, 0) is 5.41 Å². The molecule has 1 aromatic rings. The Morgan fingerprint density at radius 1 is 1.36 bits per heavy atom. The number of nitrogens with two attached hydrogens (primary N) is 1. The van der Waals surface area contributed by atoms with Crippen LogP contribution < -0.4 is 5.73 Å². The number of hydrogen-bond donors (Lipinski definition) is 1. The molecule has 0 amide bonds. The molecule has 0 bridgehead atoms. The minimum Gasteiger partial charge on any atom is -0.325 e. The van der Waals surface area contributed by atoms with Gasteiger partial charge in [0.25, 0.3) is 0 Å². The third-order valence-electron chi connectivity index (χ3n) is 3.36. The summed E-state index contributed by atoms with van der Waals surface area (Å²) in [4.78, 5) is 0. The van der Waals surface area contributed by atoms with Gasteiger partial charge in [-0.3, -0.25) is 0 Å². The molecule has 1 aliphatic carbocycles. The van der Waals surface area contributed by atoms with E-state index in [0.717, 1.165) is 18.4 Å². The molecule has 1 aliphatic rings. The Kier molecular flexibility index (Phi) is 1.93. The lowest BCUT2D eigenvalue weighted by Gasteiger charge is -2.31. The van der Waals surface area contributed by atoms with Crippen molar-refractivity contribution in [1.82, 2.24) is 0 Å². The van der Waals surface area contributed by atoms with Gasteiger partial charge in [-0.05, 0) is 44.4 Å². The Labute approximate surface area is 84.1 Å². The summed E-state index contributed by atoms with van der Waals surface area (Å²) >= 11 is 0. The monoisotopic (exact) mass is 193 g/mol. The summed E-state index contributed by atoms with van der Waals surface area (Å²) < 4.78 is 13.1. The molecule has 1 fully saturated rings. The summed E-state index contributed by atoms with van der Waals surface area (Å²) in [5.41, 5.74) is 6.93. The smallest absolute Gasteiger partial charge is 0.123 e. The fraction of sp³-hybridized carbons (Fsp3) is 0.500. The number of benzene rings is 1. The third-order valence-corrected chi connectivity index (χ3v) is 3.36. The molecule has 0 radical (unpaired) electrons. The predicted octanol–water partition coefficient (Wildman–Crippen LogP) is 2.59. The van der Waals surface area contributed by atoms with Crippen LogP contribution in [0.15, 0.2) is 24.3 Å². The van der Waals surface area contributed by atoms with E-state index in [4.69, 9.17) is 5.73 Å². The van der Waals surface area contributed by atoms with Gasteiger partial charge < -0.3 is 5.73 Å². The van der Waals surface area contributed by atoms with Gasteiger partial charge in [0.2, 0.25) is 0 Å². The Hall–Kier alpha value is -0.890. The summed E-state index contributed by atoms with van der Waals surface area (Å²) in [6.07, 6.45) is 2.14. The lowest BCUT2D eigenvalue weighted by atomic mass is 9.79. The predicted molar refractivity (Wildman–Crippen MR) is 55.6 cm³/mol. The van der Waals surface area contributed by atoms with Crippen LogP contribution in [0.4, 0.5) is 4.39 Å². The minimum absolute atomic E-state index is 0.00903. The summed E-state index contributed by atoms with van der Waals surface area (Å²) in [6, 6.07) is 6.83. The quantitative estimate of drug-likeness (QED) is 0.767. The standard InChI is InChI=1S/C12H16FN/c1-11(2,14)12(6-7-12)9-4-3-5-10(13)8-9/h3-5,8H,6-7,14H2,1-2H3. The van der Waals surface area contributed by atoms with Crippen LogP contribution in [0, 0.1) is 5.82 Å². The number of halogens is 1. The molecular weight excluding hydrogens is 177 g/mol. The van der Waals surface area contributed by atoms with Crippen molar-refractivity contribution in [3.05, 3.63) is 35.6 Å². The zero-order chi connectivity index (χ0) is 10.4. The van der Waals surface area contributed by atoms with Gasteiger partial charge in [0, 0.05) is 11.0 Å². The first-order valence-corrected chi connectivity index (χ1v) is 5.01. The van der Waals surface area contributed by atoms with Gasteiger partial charge in [0.05, 0.1) is 0 Å². The summed E-state index contributed by atoms with van der Waals surface area (Å²) in [7, 11) is 0. The largest absolute Gasteiger partial charge is 0.325 e. The topological polar surface area (TPSA) is 26.0 Å². The molecule has 76 valence electrons. The molecule has 14 heavy (non-hydrogen) atoms. The van der Waals surface area contributed by atoms with Crippen molar-refractivity contribution >= 4 is 0 Å². The molecule has 2 heteroatoms. The van der Waals surface area contributed by atoms with Gasteiger partial charge >= 0.3 is 0 Å². The molecule has 0 aliphatic heterocycles. The first-order valence-electron chi connectivity index (χ1n) is 5.01. The van der Waals surface area contributed by atoms with Crippen LogP contribution in [0.2, 0.25) is 0 Å². The third kappa shape index (κ3) is 1.34. The van der Waals surface area contributed by atoms with Crippen molar-refractivity contribution in [3.63, 3.8) is 0 Å². The van der Waals surface area contributed by atoms with Gasteiger partial charge in [-0.1, -0.05) is 12.1 Å². The SMILES string of the molecule is CC(C)(N)C1(c2cccc(F)c2)CC1. The van der Waals surface area contributed by atoms with E-state index < -0.39 is 0 Å². The summed E-state index contributed by atoms with van der Waals surface area (Å²) in [5, 5.41) is 0. The molecular formula is C12H16FN. The van der Waals surface area contributed by atoms with Gasteiger partial charge in [0.15, 0.2) is 0 Å². The molecule has 1 nitrogen and oxygen atoms in total. The Balaban J connectivity index is 2.41.